The van der Waals surface area contributed by atoms with Gasteiger partial charge in [0.2, 0.25) is 5.91 Å². The van der Waals surface area contributed by atoms with Crippen molar-refractivity contribution in [3.05, 3.63) is 33.8 Å². The first kappa shape index (κ1) is 18.0. The average molecular weight is 370 g/mol. The van der Waals surface area contributed by atoms with Crippen LogP contribution in [0.15, 0.2) is 18.2 Å². The fourth-order valence-electron chi connectivity index (χ4n) is 3.78. The minimum atomic E-state index is 0.172. The molecule has 1 aromatic carbocycles. The van der Waals surface area contributed by atoms with Gasteiger partial charge in [-0.15, -0.1) is 0 Å². The Morgan fingerprint density at radius 1 is 1.25 bits per heavy atom. The number of piperazine rings is 1. The number of amides is 1. The summed E-state index contributed by atoms with van der Waals surface area (Å²) in [5, 5.41) is 4.47. The molecule has 3 rings (SSSR count). The zero-order valence-electron chi connectivity index (χ0n) is 14.1. The van der Waals surface area contributed by atoms with Crippen LogP contribution in [0.4, 0.5) is 0 Å². The maximum atomic E-state index is 12.9. The number of halogens is 2. The second kappa shape index (κ2) is 8.05. The lowest BCUT2D eigenvalue weighted by atomic mass is 10.0. The molecule has 0 spiro atoms. The Balaban J connectivity index is 1.69. The van der Waals surface area contributed by atoms with Crippen LogP contribution >= 0.6 is 23.2 Å². The van der Waals surface area contributed by atoms with E-state index in [4.69, 9.17) is 23.2 Å². The van der Waals surface area contributed by atoms with Gasteiger partial charge in [0.15, 0.2) is 0 Å². The number of carbonyl (C=O) groups excluding carboxylic acids is 1. The molecule has 4 nitrogen and oxygen atoms in total. The zero-order valence-corrected chi connectivity index (χ0v) is 15.6. The van der Waals surface area contributed by atoms with Gasteiger partial charge in [-0.2, -0.15) is 0 Å². The van der Waals surface area contributed by atoms with Crippen molar-refractivity contribution in [2.24, 2.45) is 0 Å². The first-order chi connectivity index (χ1) is 11.6. The van der Waals surface area contributed by atoms with Crippen LogP contribution in [-0.2, 0) is 11.2 Å². The normalized spacial score (nSPS) is 23.5. The van der Waals surface area contributed by atoms with Gasteiger partial charge in [0.05, 0.1) is 22.5 Å². The van der Waals surface area contributed by atoms with Crippen molar-refractivity contribution in [1.29, 1.82) is 0 Å². The minimum Gasteiger partial charge on any atom is -0.335 e. The molecular formula is C18H25Cl2N3O. The molecule has 1 aromatic rings. The highest BCUT2D eigenvalue weighted by molar-refractivity contribution is 6.42. The van der Waals surface area contributed by atoms with Crippen LogP contribution in [0.2, 0.25) is 10.0 Å². The van der Waals surface area contributed by atoms with E-state index >= 15 is 0 Å². The average Bonchev–Trinajstić information content (AvgIpc) is 3.12. The number of carbonyl (C=O) groups is 1. The van der Waals surface area contributed by atoms with E-state index in [0.29, 0.717) is 22.5 Å². The van der Waals surface area contributed by atoms with E-state index < -0.39 is 0 Å². The molecule has 1 amide bonds. The van der Waals surface area contributed by atoms with Crippen molar-refractivity contribution in [3.8, 4) is 0 Å². The standard InChI is InChI=1S/C18H25Cl2N3O/c1-13(22-7-2-3-8-22)17-12-21-6-9-23(17)18(24)11-14-4-5-15(19)16(20)10-14/h4-5,10,13,17,21H,2-3,6-9,11-12H2,1H3/t13-,17+/m1/s1. The number of rotatable bonds is 4. The molecule has 0 radical (unpaired) electrons. The van der Waals surface area contributed by atoms with Crippen LogP contribution in [0, 0.1) is 0 Å². The number of benzene rings is 1. The van der Waals surface area contributed by atoms with Crippen LogP contribution in [-0.4, -0.2) is 60.5 Å². The molecule has 24 heavy (non-hydrogen) atoms. The van der Waals surface area contributed by atoms with Gasteiger partial charge in [-0.3, -0.25) is 9.69 Å². The van der Waals surface area contributed by atoms with Crippen molar-refractivity contribution in [3.63, 3.8) is 0 Å². The molecule has 2 aliphatic rings. The molecule has 0 saturated carbocycles. The van der Waals surface area contributed by atoms with Gasteiger partial charge in [0.25, 0.3) is 0 Å². The number of hydrogen-bond acceptors (Lipinski definition) is 3. The lowest BCUT2D eigenvalue weighted by Crippen LogP contribution is -2.61. The summed E-state index contributed by atoms with van der Waals surface area (Å²) in [6, 6.07) is 6.05. The van der Waals surface area contributed by atoms with Gasteiger partial charge in [-0.25, -0.2) is 0 Å². The Bertz CT molecular complexity index is 590. The summed E-state index contributed by atoms with van der Waals surface area (Å²) in [6.07, 6.45) is 2.91. The van der Waals surface area contributed by atoms with E-state index in [1.807, 2.05) is 6.07 Å². The topological polar surface area (TPSA) is 35.6 Å². The predicted molar refractivity (Wildman–Crippen MR) is 98.8 cm³/mol. The van der Waals surface area contributed by atoms with Crippen molar-refractivity contribution in [2.45, 2.75) is 38.3 Å². The van der Waals surface area contributed by atoms with E-state index in [-0.39, 0.29) is 11.9 Å². The molecule has 2 saturated heterocycles. The second-order valence-corrected chi connectivity index (χ2v) is 7.58. The van der Waals surface area contributed by atoms with E-state index in [2.05, 4.69) is 22.0 Å². The van der Waals surface area contributed by atoms with Crippen molar-refractivity contribution in [1.82, 2.24) is 15.1 Å². The number of nitrogens with zero attached hydrogens (tertiary/aromatic N) is 2. The molecule has 6 heteroatoms. The lowest BCUT2D eigenvalue weighted by molar-refractivity contribution is -0.135. The quantitative estimate of drug-likeness (QED) is 0.886. The first-order valence-corrected chi connectivity index (χ1v) is 9.50. The zero-order chi connectivity index (χ0) is 17.1. The van der Waals surface area contributed by atoms with Gasteiger partial charge in [-0.05, 0) is 50.6 Å². The van der Waals surface area contributed by atoms with Crippen molar-refractivity contribution in [2.75, 3.05) is 32.7 Å². The van der Waals surface area contributed by atoms with E-state index in [1.54, 1.807) is 12.1 Å². The molecular weight excluding hydrogens is 345 g/mol. The highest BCUT2D eigenvalue weighted by Gasteiger charge is 2.34. The Morgan fingerprint density at radius 2 is 2.00 bits per heavy atom. The molecule has 132 valence electrons. The van der Waals surface area contributed by atoms with Crippen LogP contribution in [0.3, 0.4) is 0 Å². The Morgan fingerprint density at radius 3 is 2.71 bits per heavy atom. The summed E-state index contributed by atoms with van der Waals surface area (Å²) in [4.78, 5) is 17.5. The summed E-state index contributed by atoms with van der Waals surface area (Å²) in [5.41, 5.74) is 0.917. The highest BCUT2D eigenvalue weighted by atomic mass is 35.5. The Labute approximate surface area is 154 Å². The Hall–Kier alpha value is -0.810. The number of likely N-dealkylation sites (tertiary alicyclic amines) is 1. The summed E-state index contributed by atoms with van der Waals surface area (Å²) >= 11 is 12.0. The molecule has 0 aromatic heterocycles. The fraction of sp³-hybridized carbons (Fsp3) is 0.611. The summed E-state index contributed by atoms with van der Waals surface area (Å²) < 4.78 is 0. The van der Waals surface area contributed by atoms with Crippen LogP contribution in [0.5, 0.6) is 0 Å². The molecule has 0 unspecified atom stereocenters. The minimum absolute atomic E-state index is 0.172. The number of nitrogens with one attached hydrogen (secondary N) is 1. The van der Waals surface area contributed by atoms with Gasteiger partial charge in [0, 0.05) is 25.7 Å². The Kier molecular flexibility index (Phi) is 6.03. The molecule has 0 bridgehead atoms. The molecule has 0 aliphatic carbocycles. The van der Waals surface area contributed by atoms with Gasteiger partial charge in [0.1, 0.15) is 0 Å². The van der Waals surface area contributed by atoms with Gasteiger partial charge >= 0.3 is 0 Å². The highest BCUT2D eigenvalue weighted by Crippen LogP contribution is 2.24. The van der Waals surface area contributed by atoms with Gasteiger partial charge in [-0.1, -0.05) is 29.3 Å². The summed E-state index contributed by atoms with van der Waals surface area (Å²) in [5.74, 6) is 0.172. The smallest absolute Gasteiger partial charge is 0.227 e. The van der Waals surface area contributed by atoms with E-state index in [1.165, 1.54) is 12.8 Å². The monoisotopic (exact) mass is 369 g/mol. The SMILES string of the molecule is C[C@H]([C@@H]1CNCCN1C(=O)Cc1ccc(Cl)c(Cl)c1)N1CCCC1. The third-order valence-corrected chi connectivity index (χ3v) is 5.96. The van der Waals surface area contributed by atoms with Crippen molar-refractivity contribution >= 4 is 29.1 Å². The number of hydrogen-bond donors (Lipinski definition) is 1. The maximum absolute atomic E-state index is 12.9. The molecule has 2 heterocycles. The van der Waals surface area contributed by atoms with Crippen LogP contribution in [0.25, 0.3) is 0 Å². The molecule has 1 N–H and O–H groups in total. The predicted octanol–water partition coefficient (Wildman–Crippen LogP) is 2.82. The molecule has 2 aliphatic heterocycles. The molecule has 2 atom stereocenters. The van der Waals surface area contributed by atoms with Crippen molar-refractivity contribution < 1.29 is 4.79 Å². The van der Waals surface area contributed by atoms with E-state index in [9.17, 15) is 4.79 Å². The van der Waals surface area contributed by atoms with Crippen LogP contribution < -0.4 is 5.32 Å². The largest absolute Gasteiger partial charge is 0.335 e. The van der Waals surface area contributed by atoms with E-state index in [0.717, 1.165) is 38.3 Å². The molecule has 2 fully saturated rings. The summed E-state index contributed by atoms with van der Waals surface area (Å²) in [7, 11) is 0. The maximum Gasteiger partial charge on any atom is 0.227 e. The third-order valence-electron chi connectivity index (χ3n) is 5.22. The second-order valence-electron chi connectivity index (χ2n) is 6.77. The first-order valence-electron chi connectivity index (χ1n) is 8.74. The third kappa shape index (κ3) is 4.05. The lowest BCUT2D eigenvalue weighted by Gasteiger charge is -2.42. The van der Waals surface area contributed by atoms with Gasteiger partial charge < -0.3 is 10.2 Å². The fourth-order valence-corrected chi connectivity index (χ4v) is 4.10. The van der Waals surface area contributed by atoms with Crippen LogP contribution in [0.1, 0.15) is 25.3 Å². The summed E-state index contributed by atoms with van der Waals surface area (Å²) in [6.45, 7) is 7.03.